The minimum Gasteiger partial charge on any atom is -0.377 e. The van der Waals surface area contributed by atoms with Gasteiger partial charge in [0.05, 0.1) is 6.04 Å². The lowest BCUT2D eigenvalue weighted by molar-refractivity contribution is 0.184. The van der Waals surface area contributed by atoms with Crippen LogP contribution >= 0.6 is 11.3 Å². The van der Waals surface area contributed by atoms with Gasteiger partial charge in [-0.15, -0.1) is 25.5 Å². The second-order valence-corrected chi connectivity index (χ2v) is 6.83. The quantitative estimate of drug-likeness (QED) is 0.669. The molecule has 10 heteroatoms. The van der Waals surface area contributed by atoms with Gasteiger partial charge in [0.1, 0.15) is 17.4 Å². The van der Waals surface area contributed by atoms with Gasteiger partial charge in [-0.2, -0.15) is 4.52 Å². The van der Waals surface area contributed by atoms with Gasteiger partial charge in [-0.25, -0.2) is 0 Å². The summed E-state index contributed by atoms with van der Waals surface area (Å²) in [6, 6.07) is 4.33. The van der Waals surface area contributed by atoms with Crippen molar-refractivity contribution >= 4 is 27.9 Å². The highest BCUT2D eigenvalue weighted by atomic mass is 32.1. The molecule has 4 rings (SSSR count). The van der Waals surface area contributed by atoms with Gasteiger partial charge in [0.25, 0.3) is 0 Å². The third kappa shape index (κ3) is 2.57. The standard InChI is InChI=1S/C14H18N8OS/c1-9-15-16-11-4-5-12(19-22(9)11)21-6-10(7-21)20(2)14-18-17-13(24-14)8-23-3/h4-5,10H,6-8H2,1-3H3. The van der Waals surface area contributed by atoms with Crippen LogP contribution in [0, 0.1) is 6.92 Å². The Hall–Kier alpha value is -2.33. The lowest BCUT2D eigenvalue weighted by Crippen LogP contribution is -2.59. The highest BCUT2D eigenvalue weighted by Gasteiger charge is 2.32. The van der Waals surface area contributed by atoms with E-state index in [2.05, 4.69) is 42.3 Å². The maximum absolute atomic E-state index is 5.10. The third-order valence-corrected chi connectivity index (χ3v) is 5.15. The monoisotopic (exact) mass is 346 g/mol. The van der Waals surface area contributed by atoms with Crippen LogP contribution in [0.25, 0.3) is 5.65 Å². The van der Waals surface area contributed by atoms with Crippen LogP contribution in [0.3, 0.4) is 0 Å². The molecule has 0 aliphatic carbocycles. The molecule has 0 aromatic carbocycles. The van der Waals surface area contributed by atoms with E-state index in [1.54, 1.807) is 23.0 Å². The number of likely N-dealkylation sites (N-methyl/N-ethyl adjacent to an activating group) is 1. The first-order valence-corrected chi connectivity index (χ1v) is 8.45. The predicted octanol–water partition coefficient (Wildman–Crippen LogP) is 0.756. The average Bonchev–Trinajstić information content (AvgIpc) is 3.14. The summed E-state index contributed by atoms with van der Waals surface area (Å²) in [5.74, 6) is 1.73. The summed E-state index contributed by atoms with van der Waals surface area (Å²) in [6.07, 6.45) is 0. The molecule has 1 fully saturated rings. The first-order chi connectivity index (χ1) is 11.7. The zero-order valence-electron chi connectivity index (χ0n) is 13.7. The summed E-state index contributed by atoms with van der Waals surface area (Å²) >= 11 is 1.57. The lowest BCUT2D eigenvalue weighted by atomic mass is 10.1. The zero-order valence-corrected chi connectivity index (χ0v) is 14.6. The number of nitrogens with zero attached hydrogens (tertiary/aromatic N) is 8. The second-order valence-electron chi connectivity index (χ2n) is 5.79. The minimum atomic E-state index is 0.396. The molecular weight excluding hydrogens is 328 g/mol. The molecule has 0 spiro atoms. The van der Waals surface area contributed by atoms with Gasteiger partial charge in [-0.3, -0.25) is 0 Å². The van der Waals surface area contributed by atoms with Crippen molar-refractivity contribution in [1.82, 2.24) is 30.0 Å². The molecule has 24 heavy (non-hydrogen) atoms. The van der Waals surface area contributed by atoms with Crippen molar-refractivity contribution in [2.45, 2.75) is 19.6 Å². The van der Waals surface area contributed by atoms with Crippen molar-refractivity contribution in [3.63, 3.8) is 0 Å². The van der Waals surface area contributed by atoms with Crippen LogP contribution in [-0.2, 0) is 11.3 Å². The van der Waals surface area contributed by atoms with Gasteiger partial charge in [0.15, 0.2) is 11.5 Å². The first kappa shape index (κ1) is 15.2. The Morgan fingerprint density at radius 3 is 2.88 bits per heavy atom. The maximum Gasteiger partial charge on any atom is 0.208 e. The van der Waals surface area contributed by atoms with Crippen LogP contribution < -0.4 is 9.80 Å². The van der Waals surface area contributed by atoms with Crippen LogP contribution in [-0.4, -0.2) is 63.3 Å². The van der Waals surface area contributed by atoms with E-state index in [-0.39, 0.29) is 0 Å². The Kier molecular flexibility index (Phi) is 3.77. The highest BCUT2D eigenvalue weighted by molar-refractivity contribution is 7.15. The summed E-state index contributed by atoms with van der Waals surface area (Å²) in [5, 5.41) is 22.9. The van der Waals surface area contributed by atoms with Crippen molar-refractivity contribution < 1.29 is 4.74 Å². The second kappa shape index (κ2) is 5.95. The molecular formula is C14H18N8OS. The van der Waals surface area contributed by atoms with E-state index in [4.69, 9.17) is 4.74 Å². The average molecular weight is 346 g/mol. The predicted molar refractivity (Wildman–Crippen MR) is 90.5 cm³/mol. The summed E-state index contributed by atoms with van der Waals surface area (Å²) in [7, 11) is 3.72. The molecule has 1 saturated heterocycles. The number of aryl methyl sites for hydroxylation is 1. The summed E-state index contributed by atoms with van der Waals surface area (Å²) in [6.45, 7) is 4.20. The molecule has 1 aliphatic rings. The number of rotatable bonds is 5. The number of fused-ring (bicyclic) bond motifs is 1. The summed E-state index contributed by atoms with van der Waals surface area (Å²) < 4.78 is 6.87. The Morgan fingerprint density at radius 1 is 1.25 bits per heavy atom. The fourth-order valence-electron chi connectivity index (χ4n) is 2.67. The molecule has 0 N–H and O–H groups in total. The number of methoxy groups -OCH3 is 1. The van der Waals surface area contributed by atoms with E-state index in [1.807, 2.05) is 19.1 Å². The van der Waals surface area contributed by atoms with Crippen LogP contribution in [0.4, 0.5) is 10.9 Å². The highest BCUT2D eigenvalue weighted by Crippen LogP contribution is 2.27. The molecule has 0 radical (unpaired) electrons. The number of hydrogen-bond acceptors (Lipinski definition) is 9. The SMILES string of the molecule is COCc1nnc(N(C)C2CN(c3ccc4nnc(C)n4n3)C2)s1. The molecule has 0 atom stereocenters. The van der Waals surface area contributed by atoms with Crippen LogP contribution in [0.5, 0.6) is 0 Å². The lowest BCUT2D eigenvalue weighted by Gasteiger charge is -2.44. The van der Waals surface area contributed by atoms with Gasteiger partial charge in [-0.1, -0.05) is 11.3 Å². The number of anilines is 2. The number of ether oxygens (including phenoxy) is 1. The molecule has 0 bridgehead atoms. The molecule has 0 unspecified atom stereocenters. The van der Waals surface area contributed by atoms with Gasteiger partial charge >= 0.3 is 0 Å². The Morgan fingerprint density at radius 2 is 2.08 bits per heavy atom. The van der Waals surface area contributed by atoms with Crippen LogP contribution in [0.2, 0.25) is 0 Å². The van der Waals surface area contributed by atoms with Crippen molar-refractivity contribution in [2.75, 3.05) is 37.0 Å². The fraction of sp³-hybridized carbons (Fsp3) is 0.500. The van der Waals surface area contributed by atoms with E-state index < -0.39 is 0 Å². The molecule has 0 amide bonds. The number of hydrogen-bond donors (Lipinski definition) is 0. The number of aromatic nitrogens is 6. The van der Waals surface area contributed by atoms with Crippen molar-refractivity contribution in [3.05, 3.63) is 23.0 Å². The third-order valence-electron chi connectivity index (χ3n) is 4.16. The van der Waals surface area contributed by atoms with Crippen LogP contribution in [0.15, 0.2) is 12.1 Å². The minimum absolute atomic E-state index is 0.396. The zero-order chi connectivity index (χ0) is 16.7. The Labute approximate surface area is 142 Å². The molecule has 4 heterocycles. The van der Waals surface area contributed by atoms with Crippen molar-refractivity contribution in [1.29, 1.82) is 0 Å². The summed E-state index contributed by atoms with van der Waals surface area (Å²) in [5.41, 5.74) is 0.768. The van der Waals surface area contributed by atoms with Gasteiger partial charge in [0, 0.05) is 27.2 Å². The van der Waals surface area contributed by atoms with E-state index in [9.17, 15) is 0 Å². The van der Waals surface area contributed by atoms with E-state index >= 15 is 0 Å². The largest absolute Gasteiger partial charge is 0.377 e. The molecule has 3 aromatic heterocycles. The molecule has 0 saturated carbocycles. The molecule has 1 aliphatic heterocycles. The van der Waals surface area contributed by atoms with Gasteiger partial charge < -0.3 is 14.5 Å². The van der Waals surface area contributed by atoms with Crippen molar-refractivity contribution in [3.8, 4) is 0 Å². The van der Waals surface area contributed by atoms with E-state index in [0.717, 1.165) is 40.5 Å². The van der Waals surface area contributed by atoms with E-state index in [1.165, 1.54) is 0 Å². The summed E-state index contributed by atoms with van der Waals surface area (Å²) in [4.78, 5) is 4.41. The fourth-order valence-corrected chi connectivity index (χ4v) is 3.51. The molecule has 126 valence electrons. The van der Waals surface area contributed by atoms with Crippen LogP contribution in [0.1, 0.15) is 10.8 Å². The van der Waals surface area contributed by atoms with Gasteiger partial charge in [0.2, 0.25) is 5.13 Å². The smallest absolute Gasteiger partial charge is 0.208 e. The normalized spacial score (nSPS) is 15.0. The molecule has 3 aromatic rings. The topological polar surface area (TPSA) is 84.6 Å². The molecule has 9 nitrogen and oxygen atoms in total. The van der Waals surface area contributed by atoms with E-state index in [0.29, 0.717) is 12.6 Å². The Bertz CT molecular complexity index is 855. The maximum atomic E-state index is 5.10. The first-order valence-electron chi connectivity index (χ1n) is 7.64. The Balaban J connectivity index is 1.43. The van der Waals surface area contributed by atoms with Gasteiger partial charge in [-0.05, 0) is 19.1 Å². The van der Waals surface area contributed by atoms with Crippen molar-refractivity contribution in [2.24, 2.45) is 0 Å².